The molecule has 1 aliphatic heterocycles. The topological polar surface area (TPSA) is 149 Å². The molecule has 1 aliphatic carbocycles. The lowest BCUT2D eigenvalue weighted by atomic mass is 9.92. The highest BCUT2D eigenvalue weighted by Crippen LogP contribution is 2.43. The summed E-state index contributed by atoms with van der Waals surface area (Å²) in [6, 6.07) is -2.71. The summed E-state index contributed by atoms with van der Waals surface area (Å²) >= 11 is 0. The van der Waals surface area contributed by atoms with Crippen molar-refractivity contribution in [2.75, 3.05) is 0 Å². The van der Waals surface area contributed by atoms with Gasteiger partial charge in [0.2, 0.25) is 17.7 Å². The molecule has 0 aromatic heterocycles. The lowest BCUT2D eigenvalue weighted by Gasteiger charge is -2.32. The zero-order valence-corrected chi connectivity index (χ0v) is 22.9. The Labute approximate surface area is 225 Å². The number of amides is 4. The van der Waals surface area contributed by atoms with E-state index in [0.29, 0.717) is 6.42 Å². The number of nitriles is 1. The number of hydrogen-bond acceptors (Lipinski definition) is 6. The standard InChI is InChI=1S/C25H37F4N5O5/c1-13(39-22(2,3)4)17(33-21(38)25(27,28)29)20(37)32-16(11-24(26)7-8-24)19(36)31-15(12-30)9-14-10-23(5,6)34-18(14)35/h13-17H,7-11H2,1-6H3,(H,31,36)(H,32,37)(H,33,38)(H,34,35)/t13-,14-,15+,16+,17+/m1/s1. The number of ether oxygens (including phenoxy) is 1. The van der Waals surface area contributed by atoms with Gasteiger partial charge in [0.15, 0.2) is 0 Å². The Kier molecular flexibility index (Phi) is 9.64. The van der Waals surface area contributed by atoms with Crippen molar-refractivity contribution in [3.63, 3.8) is 0 Å². The van der Waals surface area contributed by atoms with Crippen molar-refractivity contribution < 1.29 is 41.5 Å². The summed E-state index contributed by atoms with van der Waals surface area (Å²) in [5, 5.41) is 18.6. The van der Waals surface area contributed by atoms with E-state index < -0.39 is 77.3 Å². The smallest absolute Gasteiger partial charge is 0.370 e. The fraction of sp³-hybridized carbons (Fsp3) is 0.800. The van der Waals surface area contributed by atoms with Crippen LogP contribution in [0.5, 0.6) is 0 Å². The van der Waals surface area contributed by atoms with Crippen LogP contribution in [0.2, 0.25) is 0 Å². The Bertz CT molecular complexity index is 1000. The maximum absolute atomic E-state index is 14.7. The number of carbonyl (C=O) groups is 4. The molecule has 0 spiro atoms. The third-order valence-corrected chi connectivity index (χ3v) is 6.41. The average molecular weight is 564 g/mol. The van der Waals surface area contributed by atoms with E-state index in [4.69, 9.17) is 4.74 Å². The van der Waals surface area contributed by atoms with Crippen LogP contribution in [0.1, 0.15) is 73.6 Å². The lowest BCUT2D eigenvalue weighted by molar-refractivity contribution is -0.176. The van der Waals surface area contributed by atoms with E-state index in [0.717, 1.165) is 0 Å². The normalized spacial score (nSPS) is 22.9. The Morgan fingerprint density at radius 3 is 2.15 bits per heavy atom. The molecule has 0 aromatic carbocycles. The van der Waals surface area contributed by atoms with Gasteiger partial charge in [0.05, 0.1) is 17.8 Å². The van der Waals surface area contributed by atoms with Gasteiger partial charge in [0.1, 0.15) is 23.8 Å². The monoisotopic (exact) mass is 563 g/mol. The SMILES string of the molecule is C[C@@H](OC(C)(C)C)[C@H](NC(=O)C(F)(F)F)C(=O)N[C@@H](CC1(F)CC1)C(=O)N[C@H](C#N)C[C@@H]1CC(C)(C)NC1=O. The molecule has 0 unspecified atom stereocenters. The van der Waals surface area contributed by atoms with Gasteiger partial charge in [-0.05, 0) is 67.2 Å². The van der Waals surface area contributed by atoms with Gasteiger partial charge in [-0.3, -0.25) is 19.2 Å². The minimum absolute atomic E-state index is 0.0281. The predicted molar refractivity (Wildman–Crippen MR) is 130 cm³/mol. The van der Waals surface area contributed by atoms with E-state index in [9.17, 15) is 42.0 Å². The van der Waals surface area contributed by atoms with Crippen LogP contribution in [-0.2, 0) is 23.9 Å². The van der Waals surface area contributed by atoms with Crippen LogP contribution >= 0.6 is 0 Å². The number of rotatable bonds is 11. The molecule has 10 nitrogen and oxygen atoms in total. The third kappa shape index (κ3) is 9.94. The lowest BCUT2D eigenvalue weighted by Crippen LogP contribution is -2.60. The first kappa shape index (κ1) is 32.3. The Hall–Kier alpha value is -2.95. The second kappa shape index (κ2) is 11.7. The van der Waals surface area contributed by atoms with Crippen LogP contribution in [-0.4, -0.2) is 70.8 Å². The van der Waals surface area contributed by atoms with Gasteiger partial charge in [-0.1, -0.05) is 0 Å². The molecule has 1 saturated heterocycles. The summed E-state index contributed by atoms with van der Waals surface area (Å²) in [4.78, 5) is 50.1. The molecule has 4 N–H and O–H groups in total. The number of hydrogen-bond donors (Lipinski definition) is 4. The number of carbonyl (C=O) groups excluding carboxylic acids is 4. The van der Waals surface area contributed by atoms with E-state index in [1.165, 1.54) is 6.92 Å². The van der Waals surface area contributed by atoms with E-state index in [1.54, 1.807) is 26.1 Å². The molecule has 2 aliphatic rings. The Morgan fingerprint density at radius 1 is 1.13 bits per heavy atom. The first-order valence-corrected chi connectivity index (χ1v) is 12.7. The van der Waals surface area contributed by atoms with Gasteiger partial charge in [-0.2, -0.15) is 18.4 Å². The first-order chi connectivity index (χ1) is 17.6. The molecule has 220 valence electrons. The molecule has 4 amide bonds. The third-order valence-electron chi connectivity index (χ3n) is 6.41. The fourth-order valence-corrected chi connectivity index (χ4v) is 4.51. The van der Waals surface area contributed by atoms with Gasteiger partial charge >= 0.3 is 12.1 Å². The number of nitrogens with one attached hydrogen (secondary N) is 4. The summed E-state index contributed by atoms with van der Waals surface area (Å²) in [6.45, 7) is 9.67. The Balaban J connectivity index is 2.21. The second-order valence-corrected chi connectivity index (χ2v) is 12.0. The summed E-state index contributed by atoms with van der Waals surface area (Å²) in [5.41, 5.74) is -3.17. The molecule has 14 heteroatoms. The second-order valence-electron chi connectivity index (χ2n) is 12.0. The van der Waals surface area contributed by atoms with Crippen molar-refractivity contribution in [1.82, 2.24) is 21.3 Å². The van der Waals surface area contributed by atoms with Crippen LogP contribution in [0.4, 0.5) is 17.6 Å². The first-order valence-electron chi connectivity index (χ1n) is 12.7. The Morgan fingerprint density at radius 2 is 1.72 bits per heavy atom. The largest absolute Gasteiger partial charge is 0.471 e. The molecule has 2 rings (SSSR count). The van der Waals surface area contributed by atoms with Crippen LogP contribution in [0.3, 0.4) is 0 Å². The number of nitrogens with zero attached hydrogens (tertiary/aromatic N) is 1. The molecule has 0 bridgehead atoms. The van der Waals surface area contributed by atoms with Gasteiger partial charge in [-0.15, -0.1) is 0 Å². The van der Waals surface area contributed by atoms with Gasteiger partial charge in [-0.25, -0.2) is 4.39 Å². The number of halogens is 4. The number of alkyl halides is 4. The molecular weight excluding hydrogens is 526 g/mol. The fourth-order valence-electron chi connectivity index (χ4n) is 4.51. The van der Waals surface area contributed by atoms with Gasteiger partial charge in [0, 0.05) is 17.9 Å². The molecule has 39 heavy (non-hydrogen) atoms. The van der Waals surface area contributed by atoms with Crippen LogP contribution in [0.25, 0.3) is 0 Å². The minimum atomic E-state index is -5.30. The van der Waals surface area contributed by atoms with Crippen molar-refractivity contribution in [3.05, 3.63) is 0 Å². The highest BCUT2D eigenvalue weighted by atomic mass is 19.4. The quantitative estimate of drug-likeness (QED) is 0.282. The average Bonchev–Trinajstić information content (AvgIpc) is 3.42. The van der Waals surface area contributed by atoms with Crippen molar-refractivity contribution in [3.8, 4) is 6.07 Å². The summed E-state index contributed by atoms with van der Waals surface area (Å²) in [7, 11) is 0. The van der Waals surface area contributed by atoms with Crippen molar-refractivity contribution in [1.29, 1.82) is 5.26 Å². The van der Waals surface area contributed by atoms with Crippen molar-refractivity contribution >= 4 is 23.6 Å². The molecule has 5 atom stereocenters. The summed E-state index contributed by atoms with van der Waals surface area (Å²) in [6.07, 6.45) is -6.44. The molecule has 0 aromatic rings. The summed E-state index contributed by atoms with van der Waals surface area (Å²) < 4.78 is 59.2. The van der Waals surface area contributed by atoms with Gasteiger partial charge in [0.25, 0.3) is 0 Å². The van der Waals surface area contributed by atoms with Crippen LogP contribution < -0.4 is 21.3 Å². The van der Waals surface area contributed by atoms with Crippen LogP contribution in [0, 0.1) is 17.2 Å². The molecule has 0 radical (unpaired) electrons. The zero-order chi connectivity index (χ0) is 30.0. The molecule has 1 heterocycles. The van der Waals surface area contributed by atoms with Gasteiger partial charge < -0.3 is 26.0 Å². The molecule has 2 fully saturated rings. The maximum atomic E-state index is 14.7. The van der Waals surface area contributed by atoms with Crippen molar-refractivity contribution in [2.24, 2.45) is 5.92 Å². The molecule has 1 saturated carbocycles. The van der Waals surface area contributed by atoms with Crippen molar-refractivity contribution in [2.45, 2.75) is 121 Å². The van der Waals surface area contributed by atoms with Crippen LogP contribution in [0.15, 0.2) is 0 Å². The minimum Gasteiger partial charge on any atom is -0.370 e. The summed E-state index contributed by atoms with van der Waals surface area (Å²) in [5.74, 6) is -5.37. The van der Waals surface area contributed by atoms with E-state index >= 15 is 0 Å². The maximum Gasteiger partial charge on any atom is 0.471 e. The predicted octanol–water partition coefficient (Wildman–Crippen LogP) is 1.93. The highest BCUT2D eigenvalue weighted by Gasteiger charge is 2.48. The molecular formula is C25H37F4N5O5. The van der Waals surface area contributed by atoms with E-state index in [1.807, 2.05) is 19.9 Å². The van der Waals surface area contributed by atoms with E-state index in [-0.39, 0.29) is 25.2 Å². The van der Waals surface area contributed by atoms with E-state index in [2.05, 4.69) is 16.0 Å². The zero-order valence-electron chi connectivity index (χ0n) is 22.9. The highest BCUT2D eigenvalue weighted by molar-refractivity contribution is 5.93.